The van der Waals surface area contributed by atoms with Crippen LogP contribution in [0.5, 0.6) is 0 Å². The molecule has 0 saturated carbocycles. The Morgan fingerprint density at radius 3 is 2.48 bits per heavy atom. The van der Waals surface area contributed by atoms with Crippen LogP contribution in [0.4, 0.5) is 4.79 Å². The highest BCUT2D eigenvalue weighted by Crippen LogP contribution is 2.33. The van der Waals surface area contributed by atoms with Crippen LogP contribution in [0.15, 0.2) is 53.0 Å². The van der Waals surface area contributed by atoms with Gasteiger partial charge in [-0.2, -0.15) is 0 Å². The maximum Gasteiger partial charge on any atom is 0.318 e. The van der Waals surface area contributed by atoms with Gasteiger partial charge in [0.2, 0.25) is 5.91 Å². The van der Waals surface area contributed by atoms with E-state index in [4.69, 9.17) is 5.73 Å². The predicted molar refractivity (Wildman–Crippen MR) is 107 cm³/mol. The number of carbonyl (C=O) groups is 2. The van der Waals surface area contributed by atoms with Crippen LogP contribution in [-0.2, 0) is 4.79 Å². The first kappa shape index (κ1) is 19.1. The minimum Gasteiger partial charge on any atom is -0.351 e. The summed E-state index contributed by atoms with van der Waals surface area (Å²) in [5.41, 5.74) is 6.00. The fourth-order valence-electron chi connectivity index (χ4n) is 2.52. The van der Waals surface area contributed by atoms with Crippen LogP contribution in [0.25, 0.3) is 16.4 Å². The zero-order valence-electron chi connectivity index (χ0n) is 14.8. The van der Waals surface area contributed by atoms with Gasteiger partial charge in [0.25, 0.3) is 0 Å². The van der Waals surface area contributed by atoms with Gasteiger partial charge >= 0.3 is 6.03 Å². The van der Waals surface area contributed by atoms with Crippen molar-refractivity contribution in [1.29, 1.82) is 0 Å². The van der Waals surface area contributed by atoms with Gasteiger partial charge in [-0.15, -0.1) is 21.5 Å². The van der Waals surface area contributed by atoms with Gasteiger partial charge in [-0.25, -0.2) is 4.79 Å². The van der Waals surface area contributed by atoms with Crippen LogP contribution >= 0.6 is 23.1 Å². The highest BCUT2D eigenvalue weighted by atomic mass is 32.2. The summed E-state index contributed by atoms with van der Waals surface area (Å²) in [5.74, 6) is 0.222. The number of thioether (sulfide) groups is 1. The van der Waals surface area contributed by atoms with Gasteiger partial charge in [0.1, 0.15) is 0 Å². The van der Waals surface area contributed by atoms with Crippen molar-refractivity contribution in [2.45, 2.75) is 24.3 Å². The van der Waals surface area contributed by atoms with Crippen LogP contribution in [0.2, 0.25) is 0 Å². The molecule has 0 saturated heterocycles. The Kier molecular flexibility index (Phi) is 5.92. The lowest BCUT2D eigenvalue weighted by atomic mass is 10.1. The molecule has 2 aromatic heterocycles. The van der Waals surface area contributed by atoms with E-state index in [1.165, 1.54) is 11.8 Å². The van der Waals surface area contributed by atoms with E-state index in [-0.39, 0.29) is 5.92 Å². The number of primary amides is 1. The normalized spacial score (nSPS) is 12.1. The topological polar surface area (TPSA) is 103 Å². The third-order valence-corrected chi connectivity index (χ3v) is 6.09. The Labute approximate surface area is 165 Å². The standard InChI is InChI=1S/C18H19N5O2S2/c1-11(2)14(16(24)20-17(19)25)27-18-22-21-15(13-9-6-10-26-13)23(18)12-7-4-3-5-8-12/h3-11,14H,1-2H3,(H3,19,20,24,25). The van der Waals surface area contributed by atoms with E-state index in [0.717, 1.165) is 10.6 Å². The highest BCUT2D eigenvalue weighted by molar-refractivity contribution is 8.00. The summed E-state index contributed by atoms with van der Waals surface area (Å²) < 4.78 is 1.92. The summed E-state index contributed by atoms with van der Waals surface area (Å²) in [7, 11) is 0. The summed E-state index contributed by atoms with van der Waals surface area (Å²) in [5, 5.41) is 12.8. The van der Waals surface area contributed by atoms with Crippen molar-refractivity contribution < 1.29 is 9.59 Å². The lowest BCUT2D eigenvalue weighted by Gasteiger charge is -2.19. The summed E-state index contributed by atoms with van der Waals surface area (Å²) in [6.45, 7) is 3.81. The fourth-order valence-corrected chi connectivity index (χ4v) is 4.27. The Bertz CT molecular complexity index is 923. The van der Waals surface area contributed by atoms with E-state index < -0.39 is 17.2 Å². The molecule has 27 heavy (non-hydrogen) atoms. The van der Waals surface area contributed by atoms with E-state index in [1.807, 2.05) is 66.3 Å². The maximum atomic E-state index is 12.4. The monoisotopic (exact) mass is 401 g/mol. The van der Waals surface area contributed by atoms with E-state index >= 15 is 0 Å². The third-order valence-electron chi connectivity index (χ3n) is 3.73. The number of nitrogens with two attached hydrogens (primary N) is 1. The van der Waals surface area contributed by atoms with E-state index in [9.17, 15) is 9.59 Å². The number of urea groups is 1. The molecule has 0 fully saturated rings. The second-order valence-corrected chi connectivity index (χ2v) is 8.15. The molecule has 3 rings (SSSR count). The fraction of sp³-hybridized carbons (Fsp3) is 0.222. The number of nitrogens with zero attached hydrogens (tertiary/aromatic N) is 3. The summed E-state index contributed by atoms with van der Waals surface area (Å²) in [6.07, 6.45) is 0. The molecule has 0 radical (unpaired) electrons. The van der Waals surface area contributed by atoms with Crippen molar-refractivity contribution in [2.75, 3.05) is 0 Å². The van der Waals surface area contributed by atoms with Crippen LogP contribution in [0.1, 0.15) is 13.8 Å². The average molecular weight is 402 g/mol. The Balaban J connectivity index is 2.02. The molecular weight excluding hydrogens is 382 g/mol. The van der Waals surface area contributed by atoms with Gasteiger partial charge in [-0.1, -0.05) is 49.9 Å². The predicted octanol–water partition coefficient (Wildman–Crippen LogP) is 3.31. The number of carbonyl (C=O) groups excluding carboxylic acids is 2. The van der Waals surface area contributed by atoms with Gasteiger partial charge in [0.15, 0.2) is 11.0 Å². The molecule has 1 atom stereocenters. The SMILES string of the molecule is CC(C)C(Sc1nnc(-c2cccs2)n1-c1ccccc1)C(=O)NC(N)=O. The van der Waals surface area contributed by atoms with Crippen LogP contribution < -0.4 is 11.1 Å². The highest BCUT2D eigenvalue weighted by Gasteiger charge is 2.28. The van der Waals surface area contributed by atoms with Gasteiger partial charge < -0.3 is 5.73 Å². The van der Waals surface area contributed by atoms with Gasteiger partial charge in [-0.3, -0.25) is 14.7 Å². The smallest absolute Gasteiger partial charge is 0.318 e. The number of hydrogen-bond acceptors (Lipinski definition) is 6. The average Bonchev–Trinajstić information content (AvgIpc) is 3.28. The molecule has 140 valence electrons. The van der Waals surface area contributed by atoms with E-state index in [2.05, 4.69) is 15.5 Å². The number of imide groups is 1. The zero-order valence-corrected chi connectivity index (χ0v) is 16.5. The molecule has 0 spiro atoms. The number of benzene rings is 1. The molecule has 3 amide bonds. The lowest BCUT2D eigenvalue weighted by Crippen LogP contribution is -2.42. The molecule has 0 aliphatic heterocycles. The second-order valence-electron chi connectivity index (χ2n) is 6.09. The Morgan fingerprint density at radius 1 is 1.15 bits per heavy atom. The number of thiophene rings is 1. The van der Waals surface area contributed by atoms with Crippen LogP contribution in [0.3, 0.4) is 0 Å². The van der Waals surface area contributed by atoms with Crippen molar-refractivity contribution in [3.8, 4) is 16.4 Å². The third kappa shape index (κ3) is 4.37. The molecule has 0 aliphatic rings. The number of aromatic nitrogens is 3. The summed E-state index contributed by atoms with van der Waals surface area (Å²) >= 11 is 2.83. The molecule has 9 heteroatoms. The number of para-hydroxylation sites is 1. The summed E-state index contributed by atoms with van der Waals surface area (Å²) in [6, 6.07) is 12.8. The van der Waals surface area contributed by atoms with Gasteiger partial charge in [-0.05, 0) is 29.5 Å². The minimum atomic E-state index is -0.866. The maximum absolute atomic E-state index is 12.4. The molecule has 2 heterocycles. The van der Waals surface area contributed by atoms with E-state index in [0.29, 0.717) is 11.0 Å². The Morgan fingerprint density at radius 2 is 1.89 bits per heavy atom. The lowest BCUT2D eigenvalue weighted by molar-refractivity contribution is -0.120. The molecule has 1 unspecified atom stereocenters. The number of rotatable bonds is 6. The number of nitrogens with one attached hydrogen (secondary N) is 1. The van der Waals surface area contributed by atoms with Crippen molar-refractivity contribution in [3.63, 3.8) is 0 Å². The zero-order chi connectivity index (χ0) is 19.4. The minimum absolute atomic E-state index is 0.0412. The second kappa shape index (κ2) is 8.36. The molecule has 3 N–H and O–H groups in total. The molecule has 1 aromatic carbocycles. The molecule has 0 bridgehead atoms. The molecule has 0 aliphatic carbocycles. The first-order valence-electron chi connectivity index (χ1n) is 8.29. The first-order valence-corrected chi connectivity index (χ1v) is 10.0. The molecular formula is C18H19N5O2S2. The quantitative estimate of drug-likeness (QED) is 0.617. The van der Waals surface area contributed by atoms with Crippen molar-refractivity contribution in [1.82, 2.24) is 20.1 Å². The molecule has 3 aromatic rings. The van der Waals surface area contributed by atoms with Crippen molar-refractivity contribution in [2.24, 2.45) is 11.7 Å². The van der Waals surface area contributed by atoms with Gasteiger partial charge in [0, 0.05) is 5.69 Å². The summed E-state index contributed by atoms with van der Waals surface area (Å²) in [4.78, 5) is 24.5. The van der Waals surface area contributed by atoms with Crippen LogP contribution in [-0.4, -0.2) is 32.0 Å². The van der Waals surface area contributed by atoms with Gasteiger partial charge in [0.05, 0.1) is 10.1 Å². The molecule has 7 nitrogen and oxygen atoms in total. The van der Waals surface area contributed by atoms with Crippen molar-refractivity contribution in [3.05, 3.63) is 47.8 Å². The number of amides is 3. The van der Waals surface area contributed by atoms with Crippen molar-refractivity contribution >= 4 is 35.0 Å². The van der Waals surface area contributed by atoms with E-state index in [1.54, 1.807) is 11.3 Å². The first-order chi connectivity index (χ1) is 13.0. The number of hydrogen-bond donors (Lipinski definition) is 2. The van der Waals surface area contributed by atoms with Crippen LogP contribution in [0, 0.1) is 5.92 Å². The largest absolute Gasteiger partial charge is 0.351 e. The Hall–Kier alpha value is -2.65.